The molecule has 108 valence electrons. The van der Waals surface area contributed by atoms with Crippen molar-refractivity contribution in [1.29, 1.82) is 0 Å². The van der Waals surface area contributed by atoms with Crippen LogP contribution in [0.3, 0.4) is 0 Å². The van der Waals surface area contributed by atoms with Crippen molar-refractivity contribution in [2.45, 2.75) is 19.4 Å². The molecule has 5 nitrogen and oxygen atoms in total. The molecule has 0 saturated heterocycles. The molecule has 2 aromatic heterocycles. The first-order valence-electron chi connectivity index (χ1n) is 6.47. The van der Waals surface area contributed by atoms with Crippen LogP contribution in [0.15, 0.2) is 23.8 Å². The molecule has 2 aromatic rings. The number of nitrogens with one attached hydrogen (secondary N) is 1. The second-order valence-corrected chi connectivity index (χ2v) is 5.20. The smallest absolute Gasteiger partial charge is 0.216 e. The zero-order chi connectivity index (χ0) is 14.4. The maximum atomic E-state index is 5.25. The summed E-state index contributed by atoms with van der Waals surface area (Å²) in [4.78, 5) is 9.57. The van der Waals surface area contributed by atoms with Gasteiger partial charge in [0.15, 0.2) is 0 Å². The Morgan fingerprint density at radius 3 is 2.75 bits per heavy atom. The highest BCUT2D eigenvalue weighted by Crippen LogP contribution is 2.28. The zero-order valence-corrected chi connectivity index (χ0v) is 12.7. The Kier molecular flexibility index (Phi) is 5.31. The summed E-state index contributed by atoms with van der Waals surface area (Å²) in [6.45, 7) is 2.99. The Morgan fingerprint density at radius 2 is 2.10 bits per heavy atom. The van der Waals surface area contributed by atoms with Gasteiger partial charge in [0.05, 0.1) is 14.2 Å². The molecule has 0 aliphatic heterocycles. The number of thiophene rings is 1. The van der Waals surface area contributed by atoms with Crippen molar-refractivity contribution in [2.24, 2.45) is 0 Å². The lowest BCUT2D eigenvalue weighted by atomic mass is 10.1. The summed E-state index contributed by atoms with van der Waals surface area (Å²) in [6, 6.07) is 4.15. The number of nitrogens with zero attached hydrogens (tertiary/aromatic N) is 2. The third-order valence-electron chi connectivity index (χ3n) is 2.95. The Morgan fingerprint density at radius 1 is 1.25 bits per heavy atom. The van der Waals surface area contributed by atoms with Crippen molar-refractivity contribution in [3.05, 3.63) is 34.4 Å². The summed E-state index contributed by atoms with van der Waals surface area (Å²) >= 11 is 1.69. The van der Waals surface area contributed by atoms with Crippen LogP contribution in [0.1, 0.15) is 23.5 Å². The maximum absolute atomic E-state index is 5.25. The van der Waals surface area contributed by atoms with Crippen LogP contribution in [0.5, 0.6) is 11.6 Å². The van der Waals surface area contributed by atoms with E-state index in [0.717, 1.165) is 24.4 Å². The fourth-order valence-electron chi connectivity index (χ4n) is 1.95. The summed E-state index contributed by atoms with van der Waals surface area (Å²) in [5.74, 6) is 1.49. The first-order chi connectivity index (χ1) is 9.76. The van der Waals surface area contributed by atoms with Crippen LogP contribution in [0.4, 0.5) is 0 Å². The van der Waals surface area contributed by atoms with E-state index in [4.69, 9.17) is 9.47 Å². The highest BCUT2D eigenvalue weighted by molar-refractivity contribution is 7.10. The van der Waals surface area contributed by atoms with Crippen molar-refractivity contribution in [2.75, 3.05) is 20.8 Å². The molecule has 1 N–H and O–H groups in total. The van der Waals surface area contributed by atoms with Gasteiger partial charge in [-0.3, -0.25) is 0 Å². The van der Waals surface area contributed by atoms with Crippen molar-refractivity contribution >= 4 is 11.3 Å². The van der Waals surface area contributed by atoms with Crippen molar-refractivity contribution in [3.63, 3.8) is 0 Å². The minimum atomic E-state index is 0.216. The standard InChI is InChI=1S/C14H19N3O2S/c1-4-15-12(13-7-11(18-2)8-20-13)5-10-6-14(19-3)17-9-16-10/h6-9,12,15H,4-5H2,1-3H3. The highest BCUT2D eigenvalue weighted by atomic mass is 32.1. The van der Waals surface area contributed by atoms with Gasteiger partial charge in [0.2, 0.25) is 5.88 Å². The van der Waals surface area contributed by atoms with Gasteiger partial charge in [-0.25, -0.2) is 9.97 Å². The summed E-state index contributed by atoms with van der Waals surface area (Å²) in [6.07, 6.45) is 2.32. The number of hydrogen-bond acceptors (Lipinski definition) is 6. The van der Waals surface area contributed by atoms with E-state index < -0.39 is 0 Å². The molecule has 0 bridgehead atoms. The van der Waals surface area contributed by atoms with Crippen molar-refractivity contribution in [3.8, 4) is 11.6 Å². The SMILES string of the molecule is CCNC(Cc1cc(OC)ncn1)c1cc(OC)cs1. The van der Waals surface area contributed by atoms with E-state index in [2.05, 4.69) is 28.3 Å². The predicted octanol–water partition coefficient (Wildman–Crippen LogP) is 2.45. The van der Waals surface area contributed by atoms with E-state index >= 15 is 0 Å². The highest BCUT2D eigenvalue weighted by Gasteiger charge is 2.15. The molecule has 1 unspecified atom stereocenters. The molecule has 0 aliphatic carbocycles. The maximum Gasteiger partial charge on any atom is 0.216 e. The van der Waals surface area contributed by atoms with Crippen LogP contribution < -0.4 is 14.8 Å². The van der Waals surface area contributed by atoms with Gasteiger partial charge in [0.1, 0.15) is 12.1 Å². The number of methoxy groups -OCH3 is 2. The normalized spacial score (nSPS) is 12.2. The number of hydrogen-bond donors (Lipinski definition) is 1. The first-order valence-corrected chi connectivity index (χ1v) is 7.35. The lowest BCUT2D eigenvalue weighted by Crippen LogP contribution is -2.22. The van der Waals surface area contributed by atoms with E-state index in [1.807, 2.05) is 11.4 Å². The lowest BCUT2D eigenvalue weighted by molar-refractivity contribution is 0.395. The van der Waals surface area contributed by atoms with Crippen LogP contribution in [0.25, 0.3) is 0 Å². The van der Waals surface area contributed by atoms with Crippen LogP contribution in [-0.2, 0) is 6.42 Å². The second-order valence-electron chi connectivity index (χ2n) is 4.25. The minimum Gasteiger partial charge on any atom is -0.496 e. The summed E-state index contributed by atoms with van der Waals surface area (Å²) in [5.41, 5.74) is 0.954. The van der Waals surface area contributed by atoms with E-state index in [-0.39, 0.29) is 6.04 Å². The molecule has 20 heavy (non-hydrogen) atoms. The number of rotatable bonds is 7. The zero-order valence-electron chi connectivity index (χ0n) is 11.9. The molecule has 0 radical (unpaired) electrons. The fourth-order valence-corrected chi connectivity index (χ4v) is 2.88. The molecule has 0 aromatic carbocycles. The third kappa shape index (κ3) is 3.68. The molecular formula is C14H19N3O2S. The van der Waals surface area contributed by atoms with Gasteiger partial charge in [0.25, 0.3) is 0 Å². The van der Waals surface area contributed by atoms with E-state index in [1.54, 1.807) is 25.6 Å². The minimum absolute atomic E-state index is 0.216. The average Bonchev–Trinajstić information content (AvgIpc) is 2.96. The monoisotopic (exact) mass is 293 g/mol. The molecule has 6 heteroatoms. The number of ether oxygens (including phenoxy) is 2. The Hall–Kier alpha value is -1.66. The Bertz CT molecular complexity index is 545. The van der Waals surface area contributed by atoms with E-state index in [9.17, 15) is 0 Å². The van der Waals surface area contributed by atoms with Crippen LogP contribution in [0.2, 0.25) is 0 Å². The topological polar surface area (TPSA) is 56.3 Å². The van der Waals surface area contributed by atoms with Gasteiger partial charge in [-0.05, 0) is 12.6 Å². The van der Waals surface area contributed by atoms with Gasteiger partial charge in [-0.1, -0.05) is 6.92 Å². The van der Waals surface area contributed by atoms with Gasteiger partial charge >= 0.3 is 0 Å². The first kappa shape index (κ1) is 14.7. The Labute approximate surface area is 123 Å². The largest absolute Gasteiger partial charge is 0.496 e. The lowest BCUT2D eigenvalue weighted by Gasteiger charge is -2.16. The number of aromatic nitrogens is 2. The fraction of sp³-hybridized carbons (Fsp3) is 0.429. The van der Waals surface area contributed by atoms with Gasteiger partial charge in [-0.2, -0.15) is 0 Å². The van der Waals surface area contributed by atoms with E-state index in [1.165, 1.54) is 11.2 Å². The van der Waals surface area contributed by atoms with E-state index in [0.29, 0.717) is 5.88 Å². The molecule has 0 spiro atoms. The average molecular weight is 293 g/mol. The Balaban J connectivity index is 2.15. The second kappa shape index (κ2) is 7.21. The van der Waals surface area contributed by atoms with Gasteiger partial charge in [0, 0.05) is 34.5 Å². The summed E-state index contributed by atoms with van der Waals surface area (Å²) < 4.78 is 10.4. The van der Waals surface area contributed by atoms with Crippen LogP contribution in [-0.4, -0.2) is 30.7 Å². The van der Waals surface area contributed by atoms with Crippen molar-refractivity contribution < 1.29 is 9.47 Å². The van der Waals surface area contributed by atoms with Crippen LogP contribution in [0, 0.1) is 0 Å². The van der Waals surface area contributed by atoms with Crippen LogP contribution >= 0.6 is 11.3 Å². The molecule has 0 saturated carbocycles. The predicted molar refractivity (Wildman–Crippen MR) is 79.6 cm³/mol. The van der Waals surface area contributed by atoms with Crippen molar-refractivity contribution in [1.82, 2.24) is 15.3 Å². The quantitative estimate of drug-likeness (QED) is 0.850. The third-order valence-corrected chi connectivity index (χ3v) is 3.97. The van der Waals surface area contributed by atoms with Gasteiger partial charge < -0.3 is 14.8 Å². The summed E-state index contributed by atoms with van der Waals surface area (Å²) in [5, 5.41) is 5.49. The van der Waals surface area contributed by atoms with Gasteiger partial charge in [-0.15, -0.1) is 11.3 Å². The molecular weight excluding hydrogens is 274 g/mol. The molecule has 0 amide bonds. The molecule has 0 fully saturated rings. The molecule has 2 rings (SSSR count). The molecule has 2 heterocycles. The summed E-state index contributed by atoms with van der Waals surface area (Å²) in [7, 11) is 3.29. The molecule has 0 aliphatic rings. The number of likely N-dealkylation sites (N-methyl/N-ethyl adjacent to an activating group) is 1. The molecule has 1 atom stereocenters.